The maximum Gasteiger partial charge on any atom is 0.0240 e. The van der Waals surface area contributed by atoms with E-state index in [9.17, 15) is 0 Å². The molecule has 0 heterocycles. The van der Waals surface area contributed by atoms with E-state index in [-0.39, 0.29) is 11.0 Å². The maximum absolute atomic E-state index is 5.80. The first-order valence-corrected chi connectivity index (χ1v) is 7.18. The summed E-state index contributed by atoms with van der Waals surface area (Å²) in [6.45, 7) is 12.0. The fourth-order valence-corrected chi connectivity index (χ4v) is 2.26. The zero-order valence-electron chi connectivity index (χ0n) is 12.3. The van der Waals surface area contributed by atoms with Crippen molar-refractivity contribution in [1.82, 2.24) is 5.32 Å². The molecule has 0 aliphatic heterocycles. The van der Waals surface area contributed by atoms with Crippen LogP contribution in [-0.2, 0) is 12.0 Å². The molecule has 0 spiro atoms. The van der Waals surface area contributed by atoms with Crippen molar-refractivity contribution in [3.05, 3.63) is 35.4 Å². The van der Waals surface area contributed by atoms with Gasteiger partial charge in [-0.3, -0.25) is 0 Å². The summed E-state index contributed by atoms with van der Waals surface area (Å²) in [4.78, 5) is 0. The van der Waals surface area contributed by atoms with Crippen LogP contribution < -0.4 is 5.32 Å². The smallest absolute Gasteiger partial charge is 0.0240 e. The van der Waals surface area contributed by atoms with Crippen LogP contribution in [0, 0.1) is 0 Å². The molecule has 0 amide bonds. The molecular formula is C16H26ClN. The minimum atomic E-state index is 0.102. The number of rotatable bonds is 5. The van der Waals surface area contributed by atoms with Gasteiger partial charge in [0.25, 0.3) is 0 Å². The van der Waals surface area contributed by atoms with Crippen LogP contribution in [0.25, 0.3) is 0 Å². The molecule has 2 heteroatoms. The van der Waals surface area contributed by atoms with E-state index < -0.39 is 0 Å². The first-order chi connectivity index (χ1) is 8.24. The van der Waals surface area contributed by atoms with Crippen molar-refractivity contribution in [2.75, 3.05) is 5.88 Å². The van der Waals surface area contributed by atoms with Gasteiger partial charge in [0.1, 0.15) is 0 Å². The third-order valence-electron chi connectivity index (χ3n) is 3.31. The van der Waals surface area contributed by atoms with Gasteiger partial charge in [-0.25, -0.2) is 0 Å². The van der Waals surface area contributed by atoms with Crippen molar-refractivity contribution < 1.29 is 0 Å². The molecule has 1 N–H and O–H groups in total. The molecule has 0 radical (unpaired) electrons. The molecule has 0 saturated carbocycles. The van der Waals surface area contributed by atoms with Crippen molar-refractivity contribution in [3.8, 4) is 0 Å². The average Bonchev–Trinajstić information content (AvgIpc) is 2.26. The highest BCUT2D eigenvalue weighted by Gasteiger charge is 2.16. The van der Waals surface area contributed by atoms with E-state index in [1.807, 2.05) is 0 Å². The van der Waals surface area contributed by atoms with Gasteiger partial charge in [0, 0.05) is 18.0 Å². The third-order valence-corrected chi connectivity index (χ3v) is 3.50. The largest absolute Gasteiger partial charge is 0.308 e. The van der Waals surface area contributed by atoms with Crippen LogP contribution in [-0.4, -0.2) is 11.4 Å². The molecule has 0 bridgehead atoms. The Morgan fingerprint density at radius 3 is 2.00 bits per heavy atom. The maximum atomic E-state index is 5.80. The second kappa shape index (κ2) is 6.08. The van der Waals surface area contributed by atoms with Crippen molar-refractivity contribution >= 4 is 11.6 Å². The molecule has 0 aromatic heterocycles. The molecule has 0 aliphatic carbocycles. The molecule has 18 heavy (non-hydrogen) atoms. The van der Waals surface area contributed by atoms with Crippen molar-refractivity contribution in [3.63, 3.8) is 0 Å². The minimum Gasteiger partial charge on any atom is -0.308 e. The summed E-state index contributed by atoms with van der Waals surface area (Å²) in [6, 6.07) is 8.88. The average molecular weight is 268 g/mol. The number of hydrogen-bond acceptors (Lipinski definition) is 1. The lowest BCUT2D eigenvalue weighted by Gasteiger charge is -2.26. The van der Waals surface area contributed by atoms with Gasteiger partial charge in [-0.2, -0.15) is 0 Å². The fourth-order valence-electron chi connectivity index (χ4n) is 1.79. The Balaban J connectivity index is 2.60. The zero-order chi connectivity index (χ0) is 13.8. The summed E-state index contributed by atoms with van der Waals surface area (Å²) in [6.07, 6.45) is 0.981. The van der Waals surface area contributed by atoms with Crippen LogP contribution in [0.2, 0.25) is 0 Å². The van der Waals surface area contributed by atoms with Gasteiger partial charge < -0.3 is 5.32 Å². The lowest BCUT2D eigenvalue weighted by Crippen LogP contribution is -2.39. The summed E-state index contributed by atoms with van der Waals surface area (Å²) in [5.41, 5.74) is 3.03. The zero-order valence-corrected chi connectivity index (χ0v) is 13.1. The quantitative estimate of drug-likeness (QED) is 0.776. The van der Waals surface area contributed by atoms with E-state index in [1.54, 1.807) is 0 Å². The Kier molecular flexibility index (Phi) is 5.24. The number of halogens is 1. The van der Waals surface area contributed by atoms with Crippen LogP contribution >= 0.6 is 11.6 Å². The van der Waals surface area contributed by atoms with E-state index in [1.165, 1.54) is 11.1 Å². The molecule has 0 aliphatic rings. The van der Waals surface area contributed by atoms with Gasteiger partial charge in [-0.1, -0.05) is 45.0 Å². The highest BCUT2D eigenvalue weighted by molar-refractivity contribution is 6.17. The molecule has 1 aromatic carbocycles. The van der Waals surface area contributed by atoms with E-state index in [0.717, 1.165) is 13.0 Å². The van der Waals surface area contributed by atoms with E-state index in [4.69, 9.17) is 11.6 Å². The Morgan fingerprint density at radius 2 is 1.56 bits per heavy atom. The summed E-state index contributed by atoms with van der Waals surface area (Å²) in [5, 5.41) is 3.55. The number of benzene rings is 1. The summed E-state index contributed by atoms with van der Waals surface area (Å²) >= 11 is 5.80. The molecule has 0 atom stereocenters. The lowest BCUT2D eigenvalue weighted by atomic mass is 9.86. The van der Waals surface area contributed by atoms with Crippen LogP contribution in [0.4, 0.5) is 0 Å². The van der Waals surface area contributed by atoms with Crippen LogP contribution in [0.5, 0.6) is 0 Å². The van der Waals surface area contributed by atoms with E-state index >= 15 is 0 Å². The van der Waals surface area contributed by atoms with E-state index in [0.29, 0.717) is 5.88 Å². The van der Waals surface area contributed by atoms with Gasteiger partial charge in [0.05, 0.1) is 0 Å². The molecule has 1 aromatic rings. The van der Waals surface area contributed by atoms with Crippen LogP contribution in [0.15, 0.2) is 24.3 Å². The monoisotopic (exact) mass is 267 g/mol. The second-order valence-electron chi connectivity index (χ2n) is 6.62. The van der Waals surface area contributed by atoms with Crippen LogP contribution in [0.1, 0.15) is 52.2 Å². The standard InChI is InChI=1S/C16H26ClN/c1-15(2,3)14-8-6-13(7-9-14)12-18-16(4,5)10-11-17/h6-9,18H,10-12H2,1-5H3. The molecular weight excluding hydrogens is 242 g/mol. The predicted molar refractivity (Wildman–Crippen MR) is 81.4 cm³/mol. The summed E-state index contributed by atoms with van der Waals surface area (Å²) < 4.78 is 0. The first kappa shape index (κ1) is 15.5. The van der Waals surface area contributed by atoms with Crippen molar-refractivity contribution in [1.29, 1.82) is 0 Å². The van der Waals surface area contributed by atoms with Crippen molar-refractivity contribution in [2.45, 2.75) is 58.5 Å². The van der Waals surface area contributed by atoms with Gasteiger partial charge in [0.2, 0.25) is 0 Å². The summed E-state index contributed by atoms with van der Waals surface area (Å²) in [7, 11) is 0. The topological polar surface area (TPSA) is 12.0 Å². The number of hydrogen-bond donors (Lipinski definition) is 1. The van der Waals surface area contributed by atoms with Crippen molar-refractivity contribution in [2.24, 2.45) is 0 Å². The molecule has 102 valence electrons. The van der Waals surface area contributed by atoms with E-state index in [2.05, 4.69) is 64.2 Å². The van der Waals surface area contributed by atoms with Gasteiger partial charge in [0.15, 0.2) is 0 Å². The minimum absolute atomic E-state index is 0.102. The SMILES string of the molecule is CC(C)(CCCl)NCc1ccc(C(C)(C)C)cc1. The Labute approximate surface area is 117 Å². The summed E-state index contributed by atoms with van der Waals surface area (Å²) in [5.74, 6) is 0.697. The number of nitrogens with one attached hydrogen (secondary N) is 1. The molecule has 0 unspecified atom stereocenters. The molecule has 1 rings (SSSR count). The normalized spacial score (nSPS) is 12.8. The second-order valence-corrected chi connectivity index (χ2v) is 7.00. The van der Waals surface area contributed by atoms with Gasteiger partial charge in [-0.15, -0.1) is 11.6 Å². The third kappa shape index (κ3) is 4.99. The first-order valence-electron chi connectivity index (χ1n) is 6.65. The van der Waals surface area contributed by atoms with Crippen LogP contribution in [0.3, 0.4) is 0 Å². The highest BCUT2D eigenvalue weighted by Crippen LogP contribution is 2.22. The Bertz CT molecular complexity index is 360. The Hall–Kier alpha value is -0.530. The molecule has 1 nitrogen and oxygen atoms in total. The lowest BCUT2D eigenvalue weighted by molar-refractivity contribution is 0.376. The number of alkyl halides is 1. The van der Waals surface area contributed by atoms with Gasteiger partial charge >= 0.3 is 0 Å². The Morgan fingerprint density at radius 1 is 1.00 bits per heavy atom. The molecule has 0 saturated heterocycles. The predicted octanol–water partition coefficient (Wildman–Crippen LogP) is 4.48. The van der Waals surface area contributed by atoms with Gasteiger partial charge in [-0.05, 0) is 36.8 Å². The highest BCUT2D eigenvalue weighted by atomic mass is 35.5. The fraction of sp³-hybridized carbons (Fsp3) is 0.625. The molecule has 0 fully saturated rings.